The molecule has 5 heteroatoms. The van der Waals surface area contributed by atoms with Gasteiger partial charge in [0.25, 0.3) is 0 Å². The van der Waals surface area contributed by atoms with Crippen molar-refractivity contribution in [2.45, 2.75) is 38.6 Å². The van der Waals surface area contributed by atoms with Crippen molar-refractivity contribution in [3.05, 3.63) is 53.6 Å². The summed E-state index contributed by atoms with van der Waals surface area (Å²) in [5, 5.41) is 8.92. The van der Waals surface area contributed by atoms with E-state index in [0.717, 1.165) is 41.7 Å². The Morgan fingerprint density at radius 1 is 1.15 bits per heavy atom. The fraction of sp³-hybridized carbons (Fsp3) is 0.381. The molecule has 140 valence electrons. The van der Waals surface area contributed by atoms with Gasteiger partial charge in [-0.2, -0.15) is 0 Å². The Morgan fingerprint density at radius 2 is 1.88 bits per heavy atom. The number of carbonyl (C=O) groups is 1. The number of ether oxygens (including phenoxy) is 1. The van der Waals surface area contributed by atoms with Gasteiger partial charge in [0.15, 0.2) is 0 Å². The van der Waals surface area contributed by atoms with Crippen LogP contribution in [0.25, 0.3) is 11.1 Å². The molecule has 0 fully saturated rings. The number of unbranched alkanes of at least 4 members (excludes halogenated alkanes) is 1. The molecule has 5 nitrogen and oxygen atoms in total. The highest BCUT2D eigenvalue weighted by atomic mass is 16.5. The van der Waals surface area contributed by atoms with E-state index in [9.17, 15) is 4.79 Å². The first-order valence-electron chi connectivity index (χ1n) is 9.08. The van der Waals surface area contributed by atoms with Crippen molar-refractivity contribution < 1.29 is 14.6 Å². The number of hydrogen-bond acceptors (Lipinski definition) is 4. The number of hydrogen-bond donors (Lipinski definition) is 3. The van der Waals surface area contributed by atoms with Gasteiger partial charge in [0.05, 0.1) is 6.61 Å². The highest BCUT2D eigenvalue weighted by Crippen LogP contribution is 2.28. The lowest BCUT2D eigenvalue weighted by Gasteiger charge is -2.13. The number of carboxylic acid groups (broad SMARTS) is 1. The van der Waals surface area contributed by atoms with Gasteiger partial charge in [0, 0.05) is 0 Å². The van der Waals surface area contributed by atoms with Crippen LogP contribution in [0.1, 0.15) is 30.9 Å². The Bertz CT molecular complexity index is 714. The van der Waals surface area contributed by atoms with E-state index in [0.29, 0.717) is 19.6 Å². The largest absolute Gasteiger partial charge is 0.494 e. The minimum absolute atomic E-state index is 0.325. The predicted octanol–water partition coefficient (Wildman–Crippen LogP) is 2.99. The van der Waals surface area contributed by atoms with E-state index in [1.807, 2.05) is 30.3 Å². The van der Waals surface area contributed by atoms with Crippen molar-refractivity contribution in [3.8, 4) is 16.9 Å². The van der Waals surface area contributed by atoms with Gasteiger partial charge in [-0.05, 0) is 66.6 Å². The molecular formula is C21H28N2O3. The molecule has 0 spiro atoms. The van der Waals surface area contributed by atoms with Gasteiger partial charge in [-0.3, -0.25) is 4.79 Å². The molecule has 0 saturated heterocycles. The molecule has 0 aromatic heterocycles. The molecule has 1 unspecified atom stereocenters. The van der Waals surface area contributed by atoms with Crippen LogP contribution in [0.4, 0.5) is 0 Å². The zero-order valence-corrected chi connectivity index (χ0v) is 15.3. The first-order chi connectivity index (χ1) is 12.5. The molecule has 0 radical (unpaired) electrons. The second-order valence-electron chi connectivity index (χ2n) is 6.36. The lowest BCUT2D eigenvalue weighted by Crippen LogP contribution is -2.32. The monoisotopic (exact) mass is 356 g/mol. The van der Waals surface area contributed by atoms with Gasteiger partial charge in [-0.1, -0.05) is 37.3 Å². The zero-order chi connectivity index (χ0) is 18.9. The molecule has 0 saturated carbocycles. The smallest absolute Gasteiger partial charge is 0.320 e. The average molecular weight is 356 g/mol. The number of carboxylic acids is 1. The third-order valence-electron chi connectivity index (χ3n) is 4.36. The lowest BCUT2D eigenvalue weighted by molar-refractivity contribution is -0.138. The molecule has 0 bridgehead atoms. The fourth-order valence-corrected chi connectivity index (χ4v) is 2.83. The Balaban J connectivity index is 2.10. The van der Waals surface area contributed by atoms with Gasteiger partial charge in [0.2, 0.25) is 0 Å². The minimum atomic E-state index is -0.982. The van der Waals surface area contributed by atoms with Crippen LogP contribution in [0.3, 0.4) is 0 Å². The first kappa shape index (κ1) is 19.9. The molecule has 5 N–H and O–H groups in total. The summed E-state index contributed by atoms with van der Waals surface area (Å²) in [4.78, 5) is 10.9. The van der Waals surface area contributed by atoms with E-state index in [1.165, 1.54) is 5.56 Å². The highest BCUT2D eigenvalue weighted by molar-refractivity contribution is 5.74. The summed E-state index contributed by atoms with van der Waals surface area (Å²) < 4.78 is 5.80. The van der Waals surface area contributed by atoms with Crippen LogP contribution in [-0.4, -0.2) is 30.3 Å². The Labute approximate surface area is 155 Å². The van der Waals surface area contributed by atoms with E-state index in [1.54, 1.807) is 0 Å². The Morgan fingerprint density at radius 3 is 2.50 bits per heavy atom. The van der Waals surface area contributed by atoms with Crippen LogP contribution >= 0.6 is 0 Å². The van der Waals surface area contributed by atoms with Crippen molar-refractivity contribution in [2.24, 2.45) is 11.5 Å². The predicted molar refractivity (Wildman–Crippen MR) is 104 cm³/mol. The summed E-state index contributed by atoms with van der Waals surface area (Å²) in [6, 6.07) is 13.2. The van der Waals surface area contributed by atoms with E-state index >= 15 is 0 Å². The topological polar surface area (TPSA) is 98.6 Å². The molecule has 0 heterocycles. The standard InChI is InChI=1S/C21H28N2O3/c1-2-16-14-18(26-12-4-3-11-22)9-10-19(16)17-7-5-15(6-8-17)13-20(23)21(24)25/h5-10,14,20H,2-4,11-13,22-23H2,1H3,(H,24,25). The average Bonchev–Trinajstić information content (AvgIpc) is 2.65. The number of nitrogens with two attached hydrogens (primary N) is 2. The summed E-state index contributed by atoms with van der Waals surface area (Å²) in [6.45, 7) is 3.49. The van der Waals surface area contributed by atoms with Crippen LogP contribution in [-0.2, 0) is 17.6 Å². The molecule has 1 atom stereocenters. The summed E-state index contributed by atoms with van der Waals surface area (Å²) in [7, 11) is 0. The van der Waals surface area contributed by atoms with Crippen LogP contribution in [0, 0.1) is 0 Å². The van der Waals surface area contributed by atoms with Crippen LogP contribution < -0.4 is 16.2 Å². The third-order valence-corrected chi connectivity index (χ3v) is 4.36. The molecule has 0 aliphatic carbocycles. The molecule has 0 aliphatic rings. The number of aryl methyl sites for hydroxylation is 1. The zero-order valence-electron chi connectivity index (χ0n) is 15.3. The Hall–Kier alpha value is -2.37. The molecule has 2 aromatic rings. The normalized spacial score (nSPS) is 12.0. The molecule has 0 aliphatic heterocycles. The summed E-state index contributed by atoms with van der Waals surface area (Å²) in [5.41, 5.74) is 15.5. The molecule has 2 rings (SSSR count). The third kappa shape index (κ3) is 5.58. The van der Waals surface area contributed by atoms with Crippen LogP contribution in [0.15, 0.2) is 42.5 Å². The van der Waals surface area contributed by atoms with Crippen molar-refractivity contribution in [1.29, 1.82) is 0 Å². The van der Waals surface area contributed by atoms with E-state index < -0.39 is 12.0 Å². The molecule has 0 amide bonds. The fourth-order valence-electron chi connectivity index (χ4n) is 2.83. The quantitative estimate of drug-likeness (QED) is 0.569. The molecular weight excluding hydrogens is 328 g/mol. The van der Waals surface area contributed by atoms with Crippen LogP contribution in [0.2, 0.25) is 0 Å². The van der Waals surface area contributed by atoms with Crippen molar-refractivity contribution in [1.82, 2.24) is 0 Å². The maximum Gasteiger partial charge on any atom is 0.320 e. The second kappa shape index (κ2) is 9.94. The number of aliphatic carboxylic acids is 1. The summed E-state index contributed by atoms with van der Waals surface area (Å²) in [5.74, 6) is -0.101. The number of benzene rings is 2. The first-order valence-corrected chi connectivity index (χ1v) is 9.08. The van der Waals surface area contributed by atoms with Gasteiger partial charge in [0.1, 0.15) is 11.8 Å². The van der Waals surface area contributed by atoms with Gasteiger partial charge >= 0.3 is 5.97 Å². The van der Waals surface area contributed by atoms with Crippen molar-refractivity contribution in [2.75, 3.05) is 13.2 Å². The Kier molecular flexibility index (Phi) is 7.63. The van der Waals surface area contributed by atoms with Crippen molar-refractivity contribution >= 4 is 5.97 Å². The maximum absolute atomic E-state index is 10.9. The van der Waals surface area contributed by atoms with E-state index in [4.69, 9.17) is 21.3 Å². The highest BCUT2D eigenvalue weighted by Gasteiger charge is 2.12. The molecule has 26 heavy (non-hydrogen) atoms. The molecule has 2 aromatic carbocycles. The van der Waals surface area contributed by atoms with E-state index in [2.05, 4.69) is 19.1 Å². The van der Waals surface area contributed by atoms with Crippen molar-refractivity contribution in [3.63, 3.8) is 0 Å². The van der Waals surface area contributed by atoms with Gasteiger partial charge in [-0.25, -0.2) is 0 Å². The second-order valence-corrected chi connectivity index (χ2v) is 6.36. The number of rotatable bonds is 10. The summed E-state index contributed by atoms with van der Waals surface area (Å²) >= 11 is 0. The minimum Gasteiger partial charge on any atom is -0.494 e. The van der Waals surface area contributed by atoms with Gasteiger partial charge < -0.3 is 21.3 Å². The van der Waals surface area contributed by atoms with E-state index in [-0.39, 0.29) is 0 Å². The lowest BCUT2D eigenvalue weighted by atomic mass is 9.96. The van der Waals surface area contributed by atoms with Gasteiger partial charge in [-0.15, -0.1) is 0 Å². The SMILES string of the molecule is CCc1cc(OCCCCN)ccc1-c1ccc(CC(N)C(=O)O)cc1. The van der Waals surface area contributed by atoms with Crippen LogP contribution in [0.5, 0.6) is 5.75 Å². The summed E-state index contributed by atoms with van der Waals surface area (Å²) in [6.07, 6.45) is 3.16. The maximum atomic E-state index is 10.9.